The Bertz CT molecular complexity index is 770. The van der Waals surface area contributed by atoms with Crippen molar-refractivity contribution >= 4 is 23.7 Å². The number of aromatic nitrogens is 4. The Morgan fingerprint density at radius 3 is 2.95 bits per heavy atom. The van der Waals surface area contributed by atoms with Crippen LogP contribution in [0.3, 0.4) is 0 Å². The summed E-state index contributed by atoms with van der Waals surface area (Å²) in [5, 5.41) is 29.1. The number of nitrogens with zero attached hydrogens (tertiary/aromatic N) is 6. The molecule has 1 aliphatic rings. The molecule has 1 saturated heterocycles. The topological polar surface area (TPSA) is 155 Å². The van der Waals surface area contributed by atoms with Crippen LogP contribution in [0.5, 0.6) is 0 Å². The highest BCUT2D eigenvalue weighted by atomic mass is 16.6. The Hall–Kier alpha value is -2.61. The number of ether oxygens (including phenoxy) is 1. The molecule has 0 spiro atoms. The van der Waals surface area contributed by atoms with E-state index in [1.807, 2.05) is 6.07 Å². The third-order valence-electron chi connectivity index (χ3n) is 3.74. The molecule has 0 radical (unpaired) electrons. The number of imidazole rings is 1. The summed E-state index contributed by atoms with van der Waals surface area (Å²) >= 11 is 0. The first-order valence-electron chi connectivity index (χ1n) is 6.35. The van der Waals surface area contributed by atoms with Gasteiger partial charge in [0, 0.05) is 0 Å². The minimum Gasteiger partial charge on any atom is -0.391 e. The van der Waals surface area contributed by atoms with Crippen LogP contribution in [0.1, 0.15) is 6.23 Å². The highest BCUT2D eigenvalue weighted by molar-refractivity contribution is 5.81. The summed E-state index contributed by atoms with van der Waals surface area (Å²) < 4.78 is 7.08. The van der Waals surface area contributed by atoms with Gasteiger partial charge >= 0.3 is 0 Å². The molecule has 4 N–H and O–H groups in total. The lowest BCUT2D eigenvalue weighted by Gasteiger charge is -2.24. The molecule has 3 rings (SSSR count). The van der Waals surface area contributed by atoms with Crippen LogP contribution in [0.25, 0.3) is 11.2 Å². The van der Waals surface area contributed by atoms with Crippen LogP contribution >= 0.6 is 0 Å². The zero-order valence-electron chi connectivity index (χ0n) is 11.4. The smallest absolute Gasteiger partial charge is 0.210 e. The molecule has 0 unspecified atom stereocenters. The van der Waals surface area contributed by atoms with Crippen molar-refractivity contribution in [2.75, 3.05) is 12.3 Å². The van der Waals surface area contributed by atoms with Gasteiger partial charge in [-0.3, -0.25) is 9.56 Å². The number of fused-ring (bicyclic) bond motifs is 1. The molecule has 114 valence electrons. The summed E-state index contributed by atoms with van der Waals surface area (Å²) in [5.41, 5.74) is 4.75. The molecule has 1 fully saturated rings. The van der Waals surface area contributed by atoms with E-state index in [1.165, 1.54) is 17.2 Å². The second-order valence-corrected chi connectivity index (χ2v) is 4.85. The van der Waals surface area contributed by atoms with E-state index in [4.69, 9.17) is 10.5 Å². The van der Waals surface area contributed by atoms with Crippen molar-refractivity contribution in [1.82, 2.24) is 19.5 Å². The second-order valence-electron chi connectivity index (χ2n) is 4.85. The fourth-order valence-corrected chi connectivity index (χ4v) is 2.52. The molecule has 4 atom stereocenters. The van der Waals surface area contributed by atoms with Crippen molar-refractivity contribution in [2.24, 2.45) is 10.9 Å². The first-order valence-corrected chi connectivity index (χ1v) is 6.35. The van der Waals surface area contributed by atoms with Gasteiger partial charge in [-0.2, -0.15) is 5.26 Å². The predicted octanol–water partition coefficient (Wildman–Crippen LogP) is -1.17. The van der Waals surface area contributed by atoms with Crippen LogP contribution < -0.4 is 5.73 Å². The SMILES string of the molecule is C=N[C@]1(CO)O[C@@H](n2cnc3c(N)ncnc32)[C@@H](C#N)[C@@H]1O. The number of anilines is 1. The third-order valence-corrected chi connectivity index (χ3v) is 3.74. The average Bonchev–Trinajstić information content (AvgIpc) is 3.07. The van der Waals surface area contributed by atoms with Crippen molar-refractivity contribution in [3.05, 3.63) is 12.7 Å². The number of aliphatic imine (C=N–C) groups is 1. The molecule has 22 heavy (non-hydrogen) atoms. The summed E-state index contributed by atoms with van der Waals surface area (Å²) in [6, 6.07) is 1.96. The summed E-state index contributed by atoms with van der Waals surface area (Å²) in [7, 11) is 0. The number of nitrogens with two attached hydrogens (primary N) is 1. The molecule has 10 heteroatoms. The lowest BCUT2D eigenvalue weighted by molar-refractivity contribution is -0.120. The number of rotatable bonds is 3. The van der Waals surface area contributed by atoms with E-state index in [9.17, 15) is 15.5 Å². The number of hydrogen-bond donors (Lipinski definition) is 3. The Morgan fingerprint density at radius 1 is 1.55 bits per heavy atom. The van der Waals surface area contributed by atoms with E-state index in [-0.39, 0.29) is 5.82 Å². The van der Waals surface area contributed by atoms with Crippen LogP contribution in [-0.4, -0.2) is 54.9 Å². The van der Waals surface area contributed by atoms with Gasteiger partial charge in [-0.1, -0.05) is 0 Å². The van der Waals surface area contributed by atoms with Crippen LogP contribution in [0.15, 0.2) is 17.6 Å². The summed E-state index contributed by atoms with van der Waals surface area (Å²) in [6.07, 6.45) is 0.348. The molecule has 0 amide bonds. The van der Waals surface area contributed by atoms with Gasteiger partial charge in [0.2, 0.25) is 5.72 Å². The van der Waals surface area contributed by atoms with E-state index in [1.54, 1.807) is 0 Å². The van der Waals surface area contributed by atoms with Gasteiger partial charge in [0.25, 0.3) is 0 Å². The lowest BCUT2D eigenvalue weighted by Crippen LogP contribution is -2.42. The molecular formula is C12H13N7O3. The first kappa shape index (κ1) is 14.3. The number of aliphatic hydroxyl groups excluding tert-OH is 2. The van der Waals surface area contributed by atoms with Gasteiger partial charge in [-0.05, 0) is 6.72 Å². The number of nitrogen functional groups attached to an aromatic ring is 1. The first-order chi connectivity index (χ1) is 10.6. The van der Waals surface area contributed by atoms with Crippen LogP contribution in [0, 0.1) is 17.2 Å². The molecular weight excluding hydrogens is 290 g/mol. The highest BCUT2D eigenvalue weighted by Gasteiger charge is 2.55. The van der Waals surface area contributed by atoms with E-state index >= 15 is 0 Å². The minimum absolute atomic E-state index is 0.186. The molecule has 0 saturated carbocycles. The van der Waals surface area contributed by atoms with Gasteiger partial charge in [-0.25, -0.2) is 15.0 Å². The Balaban J connectivity index is 2.12. The fourth-order valence-electron chi connectivity index (χ4n) is 2.52. The average molecular weight is 303 g/mol. The van der Waals surface area contributed by atoms with Crippen LogP contribution in [-0.2, 0) is 4.74 Å². The minimum atomic E-state index is -1.67. The maximum Gasteiger partial charge on any atom is 0.210 e. The monoisotopic (exact) mass is 303 g/mol. The van der Waals surface area contributed by atoms with Gasteiger partial charge < -0.3 is 20.7 Å². The zero-order valence-corrected chi connectivity index (χ0v) is 11.4. The molecule has 2 aromatic heterocycles. The molecule has 10 nitrogen and oxygen atoms in total. The molecule has 1 aliphatic heterocycles. The zero-order chi connectivity index (χ0) is 15.9. The van der Waals surface area contributed by atoms with Crippen LogP contribution in [0.2, 0.25) is 0 Å². The van der Waals surface area contributed by atoms with Crippen molar-refractivity contribution in [3.8, 4) is 6.07 Å². The van der Waals surface area contributed by atoms with Crippen molar-refractivity contribution < 1.29 is 14.9 Å². The normalized spacial score (nSPS) is 31.2. The Kier molecular flexibility index (Phi) is 3.25. The largest absolute Gasteiger partial charge is 0.391 e. The molecule has 0 aromatic carbocycles. The molecule has 3 heterocycles. The molecule has 0 bridgehead atoms. The Labute approximate surface area is 124 Å². The van der Waals surface area contributed by atoms with E-state index in [0.717, 1.165) is 0 Å². The summed E-state index contributed by atoms with van der Waals surface area (Å²) in [5.74, 6) is -0.808. The van der Waals surface area contributed by atoms with Crippen LogP contribution in [0.4, 0.5) is 5.82 Å². The van der Waals surface area contributed by atoms with Crippen molar-refractivity contribution in [1.29, 1.82) is 5.26 Å². The highest BCUT2D eigenvalue weighted by Crippen LogP contribution is 2.42. The number of hydrogen-bond acceptors (Lipinski definition) is 9. The lowest BCUT2D eigenvalue weighted by atomic mass is 9.97. The quantitative estimate of drug-likeness (QED) is 0.599. The number of nitriles is 1. The van der Waals surface area contributed by atoms with Crippen molar-refractivity contribution in [2.45, 2.75) is 18.1 Å². The fraction of sp³-hybridized carbons (Fsp3) is 0.417. The van der Waals surface area contributed by atoms with Gasteiger partial charge in [0.15, 0.2) is 17.7 Å². The van der Waals surface area contributed by atoms with Gasteiger partial charge in [0.05, 0.1) is 19.0 Å². The van der Waals surface area contributed by atoms with E-state index in [0.29, 0.717) is 11.2 Å². The maximum absolute atomic E-state index is 10.3. The van der Waals surface area contributed by atoms with E-state index < -0.39 is 30.6 Å². The maximum atomic E-state index is 10.3. The third kappa shape index (κ3) is 1.77. The van der Waals surface area contributed by atoms with Crippen molar-refractivity contribution in [3.63, 3.8) is 0 Å². The molecule has 0 aliphatic carbocycles. The van der Waals surface area contributed by atoms with Gasteiger partial charge in [-0.15, -0.1) is 0 Å². The second kappa shape index (κ2) is 4.99. The van der Waals surface area contributed by atoms with E-state index in [2.05, 4.69) is 26.7 Å². The summed E-state index contributed by atoms with van der Waals surface area (Å²) in [4.78, 5) is 15.6. The number of aliphatic hydroxyl groups is 2. The standard InChI is InChI=1S/C12H13N7O3/c1-15-12(3-20)8(21)6(2-13)11(22-12)19-5-18-7-9(14)16-4-17-10(7)19/h4-6,8,11,20-21H,1,3H2,(H2,14,16,17)/t6-,8-,11+,12+/m0/s1. The summed E-state index contributed by atoms with van der Waals surface area (Å²) in [6.45, 7) is 2.71. The van der Waals surface area contributed by atoms with Gasteiger partial charge in [0.1, 0.15) is 23.9 Å². The molecule has 2 aromatic rings. The Morgan fingerprint density at radius 2 is 2.32 bits per heavy atom. The predicted molar refractivity (Wildman–Crippen MR) is 74.3 cm³/mol.